The van der Waals surface area contributed by atoms with Gasteiger partial charge in [-0.3, -0.25) is 0 Å². The van der Waals surface area contributed by atoms with Crippen LogP contribution in [0.25, 0.3) is 0 Å². The van der Waals surface area contributed by atoms with Crippen LogP contribution in [0, 0.1) is 0 Å². The molecule has 1 unspecified atom stereocenters. The average molecular weight is 606 g/mol. The van der Waals surface area contributed by atoms with Gasteiger partial charge >= 0.3 is 0 Å². The highest BCUT2D eigenvalue weighted by Gasteiger charge is 2.08. The van der Waals surface area contributed by atoms with Crippen molar-refractivity contribution in [2.24, 2.45) is 0 Å². The van der Waals surface area contributed by atoms with Crippen LogP contribution in [0.15, 0.2) is 0 Å². The maximum absolute atomic E-state index is 4.03. The Hall–Kier alpha value is -0.0400. The molecule has 1 N–H and O–H groups in total. The van der Waals surface area contributed by atoms with Crippen molar-refractivity contribution in [2.45, 2.75) is 264 Å². The highest BCUT2D eigenvalue weighted by molar-refractivity contribution is 4.68. The third-order valence-corrected chi connectivity index (χ3v) is 10.0. The standard InChI is InChI=1S/C42H87N/c1-4-7-10-13-16-19-22-25-28-31-34-37-40-42(39-36-33-30-27-24-21-18-15-12-9-6-3)43-41-38-35-32-29-26-23-20-17-14-11-8-5-2/h42-43H,4-41H2,1-3H3. The van der Waals surface area contributed by atoms with Crippen LogP contribution in [0.2, 0.25) is 0 Å². The molecular formula is C42H87N. The summed E-state index contributed by atoms with van der Waals surface area (Å²) >= 11 is 0. The Bertz CT molecular complexity index is 460. The molecule has 0 fully saturated rings. The van der Waals surface area contributed by atoms with E-state index in [0.29, 0.717) is 0 Å². The van der Waals surface area contributed by atoms with Gasteiger partial charge in [0.1, 0.15) is 0 Å². The Kier molecular flexibility index (Phi) is 39.9. The van der Waals surface area contributed by atoms with Gasteiger partial charge in [0.2, 0.25) is 0 Å². The number of nitrogens with one attached hydrogen (secondary N) is 1. The topological polar surface area (TPSA) is 12.0 Å². The third kappa shape index (κ3) is 38.1. The lowest BCUT2D eigenvalue weighted by atomic mass is 9.99. The van der Waals surface area contributed by atoms with E-state index in [-0.39, 0.29) is 0 Å². The minimum Gasteiger partial charge on any atom is -0.314 e. The lowest BCUT2D eigenvalue weighted by Gasteiger charge is -2.19. The van der Waals surface area contributed by atoms with Gasteiger partial charge in [0.25, 0.3) is 0 Å². The lowest BCUT2D eigenvalue weighted by Crippen LogP contribution is -2.30. The molecule has 0 radical (unpaired) electrons. The second kappa shape index (κ2) is 40.0. The van der Waals surface area contributed by atoms with E-state index in [9.17, 15) is 0 Å². The summed E-state index contributed by atoms with van der Waals surface area (Å²) in [5, 5.41) is 4.03. The van der Waals surface area contributed by atoms with Crippen LogP contribution in [0.5, 0.6) is 0 Å². The van der Waals surface area contributed by atoms with Crippen LogP contribution in [0.3, 0.4) is 0 Å². The second-order valence-electron chi connectivity index (χ2n) is 14.5. The van der Waals surface area contributed by atoms with Crippen molar-refractivity contribution in [2.75, 3.05) is 6.54 Å². The molecule has 260 valence electrons. The summed E-state index contributed by atoms with van der Waals surface area (Å²) in [6.07, 6.45) is 53.8. The van der Waals surface area contributed by atoms with E-state index in [0.717, 1.165) is 6.04 Å². The van der Waals surface area contributed by atoms with Crippen LogP contribution in [0.1, 0.15) is 258 Å². The summed E-state index contributed by atoms with van der Waals surface area (Å²) in [4.78, 5) is 0. The van der Waals surface area contributed by atoms with Crippen molar-refractivity contribution in [1.82, 2.24) is 5.32 Å². The molecule has 0 heterocycles. The summed E-state index contributed by atoms with van der Waals surface area (Å²) in [5.74, 6) is 0. The van der Waals surface area contributed by atoms with Gasteiger partial charge in [0, 0.05) is 6.04 Å². The van der Waals surface area contributed by atoms with Crippen molar-refractivity contribution >= 4 is 0 Å². The molecule has 1 nitrogen and oxygen atoms in total. The molecule has 1 heteroatoms. The summed E-state index contributed by atoms with van der Waals surface area (Å²) in [6.45, 7) is 8.21. The van der Waals surface area contributed by atoms with Crippen molar-refractivity contribution in [3.8, 4) is 0 Å². The highest BCUT2D eigenvalue weighted by Crippen LogP contribution is 2.17. The predicted molar refractivity (Wildman–Crippen MR) is 200 cm³/mol. The fraction of sp³-hybridized carbons (Fsp3) is 1.00. The summed E-state index contributed by atoms with van der Waals surface area (Å²) in [7, 11) is 0. The van der Waals surface area contributed by atoms with Crippen LogP contribution < -0.4 is 5.32 Å². The molecule has 0 aliphatic heterocycles. The van der Waals surface area contributed by atoms with Gasteiger partial charge in [-0.2, -0.15) is 0 Å². The second-order valence-corrected chi connectivity index (χ2v) is 14.5. The van der Waals surface area contributed by atoms with Gasteiger partial charge in [-0.25, -0.2) is 0 Å². The normalized spacial score (nSPS) is 12.3. The van der Waals surface area contributed by atoms with Crippen molar-refractivity contribution in [3.63, 3.8) is 0 Å². The van der Waals surface area contributed by atoms with Gasteiger partial charge < -0.3 is 5.32 Å². The maximum Gasteiger partial charge on any atom is 0.00670 e. The average Bonchev–Trinajstić information content (AvgIpc) is 3.02. The first-order valence-electron chi connectivity index (χ1n) is 21.1. The first-order chi connectivity index (χ1) is 21.3. The molecule has 0 bridgehead atoms. The van der Waals surface area contributed by atoms with Crippen LogP contribution in [-0.2, 0) is 0 Å². The molecule has 0 aliphatic carbocycles. The molecule has 0 rings (SSSR count). The quantitative estimate of drug-likeness (QED) is 0.0687. The summed E-state index contributed by atoms with van der Waals surface area (Å²) < 4.78 is 0. The van der Waals surface area contributed by atoms with Gasteiger partial charge in [-0.1, -0.05) is 239 Å². The number of hydrogen-bond acceptors (Lipinski definition) is 1. The zero-order valence-electron chi connectivity index (χ0n) is 30.9. The third-order valence-electron chi connectivity index (χ3n) is 10.0. The lowest BCUT2D eigenvalue weighted by molar-refractivity contribution is 0.404. The van der Waals surface area contributed by atoms with E-state index in [4.69, 9.17) is 0 Å². The van der Waals surface area contributed by atoms with Gasteiger partial charge in [0.05, 0.1) is 0 Å². The Morgan fingerprint density at radius 2 is 0.465 bits per heavy atom. The molecule has 0 aliphatic rings. The number of unbranched alkanes of at least 4 members (excludes halogenated alkanes) is 32. The van der Waals surface area contributed by atoms with E-state index in [2.05, 4.69) is 26.1 Å². The fourth-order valence-corrected chi connectivity index (χ4v) is 6.91. The molecule has 0 aromatic carbocycles. The fourth-order valence-electron chi connectivity index (χ4n) is 6.91. The van der Waals surface area contributed by atoms with Gasteiger partial charge in [0.15, 0.2) is 0 Å². The smallest absolute Gasteiger partial charge is 0.00670 e. The van der Waals surface area contributed by atoms with Crippen molar-refractivity contribution < 1.29 is 0 Å². The molecule has 0 spiro atoms. The van der Waals surface area contributed by atoms with Crippen molar-refractivity contribution in [3.05, 3.63) is 0 Å². The molecule has 1 atom stereocenters. The molecule has 43 heavy (non-hydrogen) atoms. The van der Waals surface area contributed by atoms with E-state index in [1.807, 2.05) is 0 Å². The zero-order valence-corrected chi connectivity index (χ0v) is 30.9. The molecule has 0 saturated carbocycles. The van der Waals surface area contributed by atoms with Crippen LogP contribution in [0.4, 0.5) is 0 Å². The minimum absolute atomic E-state index is 0.786. The molecule has 0 amide bonds. The number of rotatable bonds is 39. The molecule has 0 aromatic rings. The monoisotopic (exact) mass is 606 g/mol. The van der Waals surface area contributed by atoms with Crippen LogP contribution >= 0.6 is 0 Å². The Morgan fingerprint density at radius 1 is 0.256 bits per heavy atom. The first kappa shape index (κ1) is 43.0. The Labute approximate surface area is 275 Å². The van der Waals surface area contributed by atoms with E-state index < -0.39 is 0 Å². The predicted octanol–water partition coefficient (Wildman–Crippen LogP) is 15.4. The minimum atomic E-state index is 0.786. The summed E-state index contributed by atoms with van der Waals surface area (Å²) in [5.41, 5.74) is 0. The van der Waals surface area contributed by atoms with Crippen LogP contribution in [-0.4, -0.2) is 12.6 Å². The SMILES string of the molecule is CCCCCCCCCCCCCCNC(CCCCCCCCCCCCC)CCCCCCCCCCCCCC. The van der Waals surface area contributed by atoms with Gasteiger partial charge in [-0.15, -0.1) is 0 Å². The molecule has 0 aromatic heterocycles. The number of hydrogen-bond donors (Lipinski definition) is 1. The van der Waals surface area contributed by atoms with Gasteiger partial charge in [-0.05, 0) is 25.8 Å². The zero-order chi connectivity index (χ0) is 31.2. The molecule has 0 saturated heterocycles. The highest BCUT2D eigenvalue weighted by atomic mass is 14.9. The van der Waals surface area contributed by atoms with Crippen molar-refractivity contribution in [1.29, 1.82) is 0 Å². The Morgan fingerprint density at radius 3 is 0.721 bits per heavy atom. The first-order valence-corrected chi connectivity index (χ1v) is 21.1. The van der Waals surface area contributed by atoms with E-state index >= 15 is 0 Å². The van der Waals surface area contributed by atoms with E-state index in [1.165, 1.54) is 244 Å². The maximum atomic E-state index is 4.03. The van der Waals surface area contributed by atoms with E-state index in [1.54, 1.807) is 0 Å². The molecular weight excluding hydrogens is 518 g/mol. The largest absolute Gasteiger partial charge is 0.314 e. The Balaban J connectivity index is 3.89. The summed E-state index contributed by atoms with van der Waals surface area (Å²) in [6, 6.07) is 0.786.